The van der Waals surface area contributed by atoms with Crippen molar-refractivity contribution in [1.29, 1.82) is 0 Å². The molecule has 1 fully saturated rings. The van der Waals surface area contributed by atoms with Crippen molar-refractivity contribution in [2.75, 3.05) is 30.4 Å². The zero-order valence-electron chi connectivity index (χ0n) is 14.0. The number of carbonyl (C=O) groups is 1. The van der Waals surface area contributed by atoms with Crippen molar-refractivity contribution in [3.63, 3.8) is 0 Å². The van der Waals surface area contributed by atoms with Gasteiger partial charge in [-0.3, -0.25) is 4.79 Å². The fourth-order valence-electron chi connectivity index (χ4n) is 3.00. The summed E-state index contributed by atoms with van der Waals surface area (Å²) in [6.07, 6.45) is 3.77. The Morgan fingerprint density at radius 3 is 2.20 bits per heavy atom. The Bertz CT molecular complexity index is 734. The fraction of sp³-hybridized carbons (Fsp3) is 0.316. The van der Waals surface area contributed by atoms with Crippen LogP contribution in [0.5, 0.6) is 5.75 Å². The van der Waals surface area contributed by atoms with Crippen LogP contribution >= 0.6 is 23.2 Å². The number of nitrogens with one attached hydrogen (secondary N) is 1. The minimum absolute atomic E-state index is 0.267. The lowest BCUT2D eigenvalue weighted by molar-refractivity contribution is 0.102. The molecule has 0 saturated carbocycles. The molecule has 0 bridgehead atoms. The molecule has 1 aliphatic rings. The monoisotopic (exact) mass is 378 g/mol. The van der Waals surface area contributed by atoms with E-state index in [1.54, 1.807) is 12.1 Å². The van der Waals surface area contributed by atoms with E-state index in [0.717, 1.165) is 18.8 Å². The lowest BCUT2D eigenvalue weighted by Gasteiger charge is -2.28. The number of carbonyl (C=O) groups excluding carboxylic acids is 1. The Hall–Kier alpha value is -1.91. The van der Waals surface area contributed by atoms with Crippen LogP contribution in [0.1, 0.15) is 29.6 Å². The second-order valence-corrected chi connectivity index (χ2v) is 6.84. The number of amides is 1. The molecule has 0 spiro atoms. The molecule has 1 heterocycles. The second-order valence-electron chi connectivity index (χ2n) is 6.02. The van der Waals surface area contributed by atoms with E-state index in [0.29, 0.717) is 21.4 Å². The average molecular weight is 379 g/mol. The molecule has 4 nitrogen and oxygen atoms in total. The van der Waals surface area contributed by atoms with E-state index in [2.05, 4.69) is 10.2 Å². The molecule has 3 rings (SSSR count). The minimum Gasteiger partial charge on any atom is -0.494 e. The van der Waals surface area contributed by atoms with E-state index in [1.165, 1.54) is 32.1 Å². The number of benzene rings is 2. The summed E-state index contributed by atoms with van der Waals surface area (Å²) in [6, 6.07) is 11.0. The van der Waals surface area contributed by atoms with Crippen LogP contribution in [-0.4, -0.2) is 26.1 Å². The van der Waals surface area contributed by atoms with Crippen LogP contribution in [0.25, 0.3) is 0 Å². The number of ether oxygens (including phenoxy) is 1. The van der Waals surface area contributed by atoms with Crippen LogP contribution in [-0.2, 0) is 0 Å². The van der Waals surface area contributed by atoms with Gasteiger partial charge in [0.15, 0.2) is 5.75 Å². The van der Waals surface area contributed by atoms with Crippen LogP contribution in [0, 0.1) is 0 Å². The third-order valence-electron chi connectivity index (χ3n) is 4.31. The SMILES string of the molecule is COc1c(Cl)cc(C(=O)Nc2ccc(N3CCCCC3)cc2)cc1Cl. The predicted molar refractivity (Wildman–Crippen MR) is 103 cm³/mol. The largest absolute Gasteiger partial charge is 0.494 e. The van der Waals surface area contributed by atoms with E-state index < -0.39 is 0 Å². The zero-order chi connectivity index (χ0) is 17.8. The molecule has 132 valence electrons. The van der Waals surface area contributed by atoms with Gasteiger partial charge in [-0.2, -0.15) is 0 Å². The summed E-state index contributed by atoms with van der Waals surface area (Å²) < 4.78 is 5.10. The van der Waals surface area contributed by atoms with Gasteiger partial charge in [-0.25, -0.2) is 0 Å². The number of anilines is 2. The molecule has 2 aromatic rings. The zero-order valence-corrected chi connectivity index (χ0v) is 15.5. The van der Waals surface area contributed by atoms with E-state index in [9.17, 15) is 4.79 Å². The molecule has 2 aromatic carbocycles. The lowest BCUT2D eigenvalue weighted by Crippen LogP contribution is -2.29. The molecule has 0 unspecified atom stereocenters. The van der Waals surface area contributed by atoms with Crippen LogP contribution in [0.15, 0.2) is 36.4 Å². The van der Waals surface area contributed by atoms with Crippen molar-refractivity contribution in [1.82, 2.24) is 0 Å². The highest BCUT2D eigenvalue weighted by Crippen LogP contribution is 2.34. The van der Waals surface area contributed by atoms with E-state index in [4.69, 9.17) is 27.9 Å². The first-order valence-electron chi connectivity index (χ1n) is 8.28. The number of halogens is 2. The van der Waals surface area contributed by atoms with Crippen molar-refractivity contribution in [3.8, 4) is 5.75 Å². The van der Waals surface area contributed by atoms with Crippen molar-refractivity contribution in [2.45, 2.75) is 19.3 Å². The smallest absolute Gasteiger partial charge is 0.255 e. The Kier molecular flexibility index (Phi) is 5.71. The van der Waals surface area contributed by atoms with Gasteiger partial charge in [0.2, 0.25) is 0 Å². The van der Waals surface area contributed by atoms with Gasteiger partial charge in [0.1, 0.15) is 0 Å². The van der Waals surface area contributed by atoms with Crippen LogP contribution in [0.3, 0.4) is 0 Å². The summed E-state index contributed by atoms with van der Waals surface area (Å²) in [6.45, 7) is 2.18. The maximum atomic E-state index is 12.4. The van der Waals surface area contributed by atoms with Gasteiger partial charge in [0.05, 0.1) is 17.2 Å². The molecule has 0 aliphatic carbocycles. The number of hydrogen-bond donors (Lipinski definition) is 1. The van der Waals surface area contributed by atoms with E-state index >= 15 is 0 Å². The van der Waals surface area contributed by atoms with Crippen molar-refractivity contribution < 1.29 is 9.53 Å². The molecule has 0 atom stereocenters. The number of nitrogens with zero attached hydrogens (tertiary/aromatic N) is 1. The molecule has 6 heteroatoms. The van der Waals surface area contributed by atoms with E-state index in [1.807, 2.05) is 24.3 Å². The summed E-state index contributed by atoms with van der Waals surface area (Å²) >= 11 is 12.2. The number of rotatable bonds is 4. The molecule has 0 radical (unpaired) electrons. The molecule has 1 N–H and O–H groups in total. The second kappa shape index (κ2) is 7.98. The number of hydrogen-bond acceptors (Lipinski definition) is 3. The molecule has 1 amide bonds. The average Bonchev–Trinajstić information content (AvgIpc) is 2.63. The van der Waals surface area contributed by atoms with Gasteiger partial charge < -0.3 is 15.0 Å². The van der Waals surface area contributed by atoms with Gasteiger partial charge in [-0.05, 0) is 55.7 Å². The molecular formula is C19H20Cl2N2O2. The first-order valence-corrected chi connectivity index (χ1v) is 9.03. The lowest BCUT2D eigenvalue weighted by atomic mass is 10.1. The maximum absolute atomic E-state index is 12.4. The standard InChI is InChI=1S/C19H20Cl2N2O2/c1-25-18-16(20)11-13(12-17(18)21)19(24)22-14-5-7-15(8-6-14)23-9-3-2-4-10-23/h5-8,11-12H,2-4,9-10H2,1H3,(H,22,24). The summed E-state index contributed by atoms with van der Waals surface area (Å²) in [5.74, 6) is 0.0999. The fourth-order valence-corrected chi connectivity index (χ4v) is 3.64. The summed E-state index contributed by atoms with van der Waals surface area (Å²) in [4.78, 5) is 14.8. The Morgan fingerprint density at radius 2 is 1.64 bits per heavy atom. The predicted octanol–water partition coefficient (Wildman–Crippen LogP) is 5.24. The quantitative estimate of drug-likeness (QED) is 0.790. The van der Waals surface area contributed by atoms with Gasteiger partial charge in [-0.1, -0.05) is 23.2 Å². The Morgan fingerprint density at radius 1 is 1.04 bits per heavy atom. The first-order chi connectivity index (χ1) is 12.1. The summed E-state index contributed by atoms with van der Waals surface area (Å²) in [5, 5.41) is 3.48. The third kappa shape index (κ3) is 4.20. The molecule has 1 aliphatic heterocycles. The molecule has 0 aromatic heterocycles. The van der Waals surface area contributed by atoms with Crippen LogP contribution < -0.4 is 15.0 Å². The van der Waals surface area contributed by atoms with Crippen LogP contribution in [0.4, 0.5) is 11.4 Å². The maximum Gasteiger partial charge on any atom is 0.255 e. The molecule has 25 heavy (non-hydrogen) atoms. The Labute approximate surface area is 157 Å². The number of methoxy groups -OCH3 is 1. The van der Waals surface area contributed by atoms with Crippen molar-refractivity contribution in [2.24, 2.45) is 0 Å². The summed E-state index contributed by atoms with van der Waals surface area (Å²) in [7, 11) is 1.48. The Balaban J connectivity index is 1.70. The van der Waals surface area contributed by atoms with Gasteiger partial charge in [0.25, 0.3) is 5.91 Å². The third-order valence-corrected chi connectivity index (χ3v) is 4.87. The van der Waals surface area contributed by atoms with Crippen LogP contribution in [0.2, 0.25) is 10.0 Å². The topological polar surface area (TPSA) is 41.6 Å². The highest BCUT2D eigenvalue weighted by Gasteiger charge is 2.14. The van der Waals surface area contributed by atoms with Gasteiger partial charge >= 0.3 is 0 Å². The molecule has 1 saturated heterocycles. The summed E-state index contributed by atoms with van der Waals surface area (Å²) in [5.41, 5.74) is 2.30. The normalized spacial score (nSPS) is 14.3. The minimum atomic E-state index is -0.267. The first kappa shape index (κ1) is 17.9. The number of piperidine rings is 1. The highest BCUT2D eigenvalue weighted by atomic mass is 35.5. The van der Waals surface area contributed by atoms with Gasteiger partial charge in [0, 0.05) is 30.0 Å². The van der Waals surface area contributed by atoms with Crippen molar-refractivity contribution in [3.05, 3.63) is 52.0 Å². The van der Waals surface area contributed by atoms with E-state index in [-0.39, 0.29) is 5.91 Å². The molecular weight excluding hydrogens is 359 g/mol. The van der Waals surface area contributed by atoms with Crippen molar-refractivity contribution >= 4 is 40.5 Å². The highest BCUT2D eigenvalue weighted by molar-refractivity contribution is 6.37. The van der Waals surface area contributed by atoms with Gasteiger partial charge in [-0.15, -0.1) is 0 Å².